The first-order valence-corrected chi connectivity index (χ1v) is 6.15. The molecule has 0 saturated carbocycles. The minimum absolute atomic E-state index is 0.0645. The van der Waals surface area contributed by atoms with E-state index in [0.717, 1.165) is 4.90 Å². The second kappa shape index (κ2) is 4.70. The smallest absolute Gasteiger partial charge is 0.254 e. The molecule has 0 unspecified atom stereocenters. The number of ether oxygens (including phenoxy) is 1. The van der Waals surface area contributed by atoms with Crippen molar-refractivity contribution in [2.24, 2.45) is 0 Å². The van der Waals surface area contributed by atoms with Gasteiger partial charge in [0, 0.05) is 23.5 Å². The third kappa shape index (κ3) is 3.01. The van der Waals surface area contributed by atoms with Crippen LogP contribution < -0.4 is 0 Å². The molecule has 0 bridgehead atoms. The van der Waals surface area contributed by atoms with Gasteiger partial charge in [-0.3, -0.25) is 4.79 Å². The first kappa shape index (κ1) is 12.5. The maximum atomic E-state index is 12.2. The number of rotatable bonds is 1. The Morgan fingerprint density at radius 3 is 2.59 bits per heavy atom. The summed E-state index contributed by atoms with van der Waals surface area (Å²) in [6.45, 7) is 5.90. The van der Waals surface area contributed by atoms with Crippen LogP contribution in [0.25, 0.3) is 0 Å². The Morgan fingerprint density at radius 2 is 2.00 bits per heavy atom. The lowest BCUT2D eigenvalue weighted by Gasteiger charge is -2.38. The second-order valence-electron chi connectivity index (χ2n) is 4.88. The summed E-state index contributed by atoms with van der Waals surface area (Å²) in [7, 11) is 0. The van der Waals surface area contributed by atoms with Crippen molar-refractivity contribution in [1.82, 2.24) is 4.90 Å². The molecule has 1 fully saturated rings. The molecule has 1 aliphatic heterocycles. The van der Waals surface area contributed by atoms with Gasteiger partial charge in [-0.15, -0.1) is 12.6 Å². The van der Waals surface area contributed by atoms with E-state index in [1.807, 2.05) is 43.0 Å². The minimum Gasteiger partial charge on any atom is -0.372 e. The highest BCUT2D eigenvalue weighted by Crippen LogP contribution is 2.19. The molecule has 4 heteroatoms. The number of nitrogens with zero attached hydrogens (tertiary/aromatic N) is 1. The first-order valence-electron chi connectivity index (χ1n) is 5.70. The van der Waals surface area contributed by atoms with Gasteiger partial charge in [0.25, 0.3) is 5.91 Å². The van der Waals surface area contributed by atoms with Gasteiger partial charge in [0.15, 0.2) is 0 Å². The molecule has 1 saturated heterocycles. The van der Waals surface area contributed by atoms with Crippen molar-refractivity contribution in [1.29, 1.82) is 0 Å². The van der Waals surface area contributed by atoms with E-state index in [0.29, 0.717) is 25.3 Å². The number of carbonyl (C=O) groups is 1. The lowest BCUT2D eigenvalue weighted by molar-refractivity contribution is -0.0764. The zero-order valence-electron chi connectivity index (χ0n) is 10.1. The van der Waals surface area contributed by atoms with Crippen LogP contribution in [0.2, 0.25) is 0 Å². The summed E-state index contributed by atoms with van der Waals surface area (Å²) in [6, 6.07) is 7.30. The molecule has 1 aromatic rings. The lowest BCUT2D eigenvalue weighted by Crippen LogP contribution is -2.50. The van der Waals surface area contributed by atoms with Crippen LogP contribution >= 0.6 is 12.6 Å². The Bertz CT molecular complexity index is 414. The highest BCUT2D eigenvalue weighted by Gasteiger charge is 2.30. The van der Waals surface area contributed by atoms with E-state index in [9.17, 15) is 4.79 Å². The van der Waals surface area contributed by atoms with Gasteiger partial charge in [-0.1, -0.05) is 0 Å². The van der Waals surface area contributed by atoms with Crippen LogP contribution in [0.5, 0.6) is 0 Å². The fraction of sp³-hybridized carbons (Fsp3) is 0.462. The first-order chi connectivity index (χ1) is 7.98. The molecule has 0 radical (unpaired) electrons. The van der Waals surface area contributed by atoms with Gasteiger partial charge in [-0.25, -0.2) is 0 Å². The van der Waals surface area contributed by atoms with Gasteiger partial charge in [0.2, 0.25) is 0 Å². The van der Waals surface area contributed by atoms with Crippen molar-refractivity contribution in [3.8, 4) is 0 Å². The summed E-state index contributed by atoms with van der Waals surface area (Å²) in [5.41, 5.74) is 0.456. The van der Waals surface area contributed by atoms with Crippen molar-refractivity contribution < 1.29 is 9.53 Å². The van der Waals surface area contributed by atoms with Crippen LogP contribution in [0.15, 0.2) is 29.2 Å². The Kier molecular flexibility index (Phi) is 3.45. The Morgan fingerprint density at radius 1 is 1.35 bits per heavy atom. The second-order valence-corrected chi connectivity index (χ2v) is 5.40. The number of benzene rings is 1. The predicted molar refractivity (Wildman–Crippen MR) is 69.6 cm³/mol. The maximum absolute atomic E-state index is 12.2. The van der Waals surface area contributed by atoms with Crippen molar-refractivity contribution >= 4 is 18.5 Å². The topological polar surface area (TPSA) is 29.5 Å². The quantitative estimate of drug-likeness (QED) is 0.776. The highest BCUT2D eigenvalue weighted by molar-refractivity contribution is 7.80. The summed E-state index contributed by atoms with van der Waals surface area (Å²) >= 11 is 4.21. The van der Waals surface area contributed by atoms with Crippen LogP contribution in [0.3, 0.4) is 0 Å². The Balaban J connectivity index is 2.12. The van der Waals surface area contributed by atoms with Gasteiger partial charge >= 0.3 is 0 Å². The molecule has 0 aromatic heterocycles. The number of hydrogen-bond acceptors (Lipinski definition) is 3. The normalized spacial score (nSPS) is 19.1. The molecule has 1 aliphatic rings. The molecule has 0 atom stereocenters. The molecule has 0 spiro atoms. The minimum atomic E-state index is -0.253. The number of carbonyl (C=O) groups excluding carboxylic acids is 1. The van der Waals surface area contributed by atoms with Crippen molar-refractivity contribution in [2.75, 3.05) is 19.7 Å². The van der Waals surface area contributed by atoms with E-state index in [1.54, 1.807) is 0 Å². The third-order valence-corrected chi connectivity index (χ3v) is 3.13. The molecule has 1 amide bonds. The van der Waals surface area contributed by atoms with E-state index in [2.05, 4.69) is 12.6 Å². The molecule has 0 aliphatic carbocycles. The van der Waals surface area contributed by atoms with Crippen LogP contribution in [0.1, 0.15) is 24.2 Å². The summed E-state index contributed by atoms with van der Waals surface area (Å²) in [6.07, 6.45) is 0. The molecular formula is C13H17NO2S. The molecule has 0 N–H and O–H groups in total. The van der Waals surface area contributed by atoms with Crippen molar-refractivity contribution in [3.63, 3.8) is 0 Å². The summed E-state index contributed by atoms with van der Waals surface area (Å²) in [5.74, 6) is 0.0645. The predicted octanol–water partition coefficient (Wildman–Crippen LogP) is 2.23. The van der Waals surface area contributed by atoms with Gasteiger partial charge in [-0.2, -0.15) is 0 Å². The van der Waals surface area contributed by atoms with Crippen molar-refractivity contribution in [2.45, 2.75) is 24.3 Å². The van der Waals surface area contributed by atoms with Gasteiger partial charge in [-0.05, 0) is 38.1 Å². The Hall–Kier alpha value is -1.00. The summed E-state index contributed by atoms with van der Waals surface area (Å²) < 4.78 is 5.59. The average molecular weight is 251 g/mol. The molecule has 92 valence electrons. The molecule has 1 heterocycles. The fourth-order valence-electron chi connectivity index (χ4n) is 1.98. The monoisotopic (exact) mass is 251 g/mol. The molecule has 2 rings (SSSR count). The van der Waals surface area contributed by atoms with Gasteiger partial charge in [0.1, 0.15) is 0 Å². The zero-order chi connectivity index (χ0) is 12.5. The van der Waals surface area contributed by atoms with E-state index in [1.165, 1.54) is 0 Å². The average Bonchev–Trinajstić information content (AvgIpc) is 2.28. The van der Waals surface area contributed by atoms with Gasteiger partial charge in [0.05, 0.1) is 12.2 Å². The SMILES string of the molecule is CC1(C)CN(C(=O)c2ccc(S)cc2)CCO1. The van der Waals surface area contributed by atoms with Crippen LogP contribution in [0, 0.1) is 0 Å². The molecule has 17 heavy (non-hydrogen) atoms. The van der Waals surface area contributed by atoms with E-state index >= 15 is 0 Å². The molecular weight excluding hydrogens is 234 g/mol. The van der Waals surface area contributed by atoms with Crippen LogP contribution in [-0.4, -0.2) is 36.1 Å². The number of hydrogen-bond donors (Lipinski definition) is 1. The number of morpholine rings is 1. The standard InChI is InChI=1S/C13H17NO2S/c1-13(2)9-14(7-8-16-13)12(15)10-3-5-11(17)6-4-10/h3-6,17H,7-9H2,1-2H3. The fourth-order valence-corrected chi connectivity index (χ4v) is 2.13. The summed E-state index contributed by atoms with van der Waals surface area (Å²) in [5, 5.41) is 0. The zero-order valence-corrected chi connectivity index (χ0v) is 11.0. The summed E-state index contributed by atoms with van der Waals surface area (Å²) in [4.78, 5) is 15.0. The van der Waals surface area contributed by atoms with Crippen molar-refractivity contribution in [3.05, 3.63) is 29.8 Å². The molecule has 1 aromatic carbocycles. The van der Waals surface area contributed by atoms with E-state index in [-0.39, 0.29) is 11.5 Å². The molecule has 3 nitrogen and oxygen atoms in total. The maximum Gasteiger partial charge on any atom is 0.254 e. The van der Waals surface area contributed by atoms with E-state index in [4.69, 9.17) is 4.74 Å². The van der Waals surface area contributed by atoms with E-state index < -0.39 is 0 Å². The van der Waals surface area contributed by atoms with Crippen LogP contribution in [-0.2, 0) is 4.74 Å². The number of amides is 1. The number of thiol groups is 1. The lowest BCUT2D eigenvalue weighted by atomic mass is 10.1. The Labute approximate surface area is 107 Å². The highest BCUT2D eigenvalue weighted by atomic mass is 32.1. The third-order valence-electron chi connectivity index (χ3n) is 2.83. The van der Waals surface area contributed by atoms with Crippen LogP contribution in [0.4, 0.5) is 0 Å². The largest absolute Gasteiger partial charge is 0.372 e. The van der Waals surface area contributed by atoms with Gasteiger partial charge < -0.3 is 9.64 Å².